The van der Waals surface area contributed by atoms with E-state index < -0.39 is 0 Å². The minimum absolute atomic E-state index is 0.568. The molecule has 1 saturated carbocycles. The lowest BCUT2D eigenvalue weighted by Gasteiger charge is -2.24. The zero-order valence-corrected chi connectivity index (χ0v) is 7.39. The molecule has 1 aliphatic carbocycles. The topological polar surface area (TPSA) is 9.23 Å². The summed E-state index contributed by atoms with van der Waals surface area (Å²) in [6.07, 6.45) is 4.56. The SMILES string of the molecule is CC1=C(C)CC(C2CC2)OC1. The molecule has 0 aromatic rings. The van der Waals surface area contributed by atoms with E-state index in [1.54, 1.807) is 5.57 Å². The van der Waals surface area contributed by atoms with Crippen LogP contribution in [-0.4, -0.2) is 12.7 Å². The van der Waals surface area contributed by atoms with Crippen LogP contribution in [0.25, 0.3) is 0 Å². The Morgan fingerprint density at radius 1 is 1.18 bits per heavy atom. The minimum atomic E-state index is 0.568. The highest BCUT2D eigenvalue weighted by atomic mass is 16.5. The molecule has 0 radical (unpaired) electrons. The molecule has 0 spiro atoms. The standard InChI is InChI=1S/C10H16O/c1-7-5-10(9-3-4-9)11-6-8(7)2/h9-10H,3-6H2,1-2H3. The zero-order chi connectivity index (χ0) is 7.84. The van der Waals surface area contributed by atoms with Crippen LogP contribution in [0.4, 0.5) is 0 Å². The van der Waals surface area contributed by atoms with Crippen LogP contribution in [0, 0.1) is 5.92 Å². The Morgan fingerprint density at radius 2 is 1.91 bits per heavy atom. The molecule has 0 aromatic heterocycles. The van der Waals surface area contributed by atoms with Gasteiger partial charge in [-0.05, 0) is 44.6 Å². The normalized spacial score (nSPS) is 32.7. The summed E-state index contributed by atoms with van der Waals surface area (Å²) in [5.41, 5.74) is 3.01. The lowest BCUT2D eigenvalue weighted by atomic mass is 9.99. The third-order valence-corrected chi connectivity index (χ3v) is 2.90. The number of hydrogen-bond donors (Lipinski definition) is 0. The summed E-state index contributed by atoms with van der Waals surface area (Å²) >= 11 is 0. The van der Waals surface area contributed by atoms with Gasteiger partial charge in [0.1, 0.15) is 0 Å². The van der Waals surface area contributed by atoms with E-state index in [1.165, 1.54) is 24.8 Å². The predicted octanol–water partition coefficient (Wildman–Crippen LogP) is 2.52. The molecule has 1 aliphatic heterocycles. The fourth-order valence-electron chi connectivity index (χ4n) is 1.66. The summed E-state index contributed by atoms with van der Waals surface area (Å²) in [6, 6.07) is 0. The monoisotopic (exact) mass is 152 g/mol. The molecular weight excluding hydrogens is 136 g/mol. The van der Waals surface area contributed by atoms with Crippen molar-refractivity contribution in [2.45, 2.75) is 39.2 Å². The second-order valence-electron chi connectivity index (χ2n) is 3.95. The first kappa shape index (κ1) is 7.35. The third-order valence-electron chi connectivity index (χ3n) is 2.90. The molecule has 62 valence electrons. The lowest BCUT2D eigenvalue weighted by molar-refractivity contribution is 0.0428. The number of hydrogen-bond acceptors (Lipinski definition) is 1. The first-order valence-electron chi connectivity index (χ1n) is 4.54. The first-order chi connectivity index (χ1) is 5.27. The van der Waals surface area contributed by atoms with Crippen LogP contribution in [0.15, 0.2) is 11.1 Å². The highest BCUT2D eigenvalue weighted by Gasteiger charge is 2.33. The molecule has 0 amide bonds. The molecule has 11 heavy (non-hydrogen) atoms. The van der Waals surface area contributed by atoms with Gasteiger partial charge in [0.2, 0.25) is 0 Å². The van der Waals surface area contributed by atoms with Gasteiger partial charge < -0.3 is 4.74 Å². The van der Waals surface area contributed by atoms with Crippen molar-refractivity contribution in [1.29, 1.82) is 0 Å². The molecule has 2 aliphatic rings. The van der Waals surface area contributed by atoms with E-state index in [9.17, 15) is 0 Å². The van der Waals surface area contributed by atoms with Gasteiger partial charge in [-0.2, -0.15) is 0 Å². The molecule has 1 nitrogen and oxygen atoms in total. The van der Waals surface area contributed by atoms with Crippen LogP contribution >= 0.6 is 0 Å². The van der Waals surface area contributed by atoms with Crippen LogP contribution in [0.5, 0.6) is 0 Å². The van der Waals surface area contributed by atoms with Gasteiger partial charge in [0.15, 0.2) is 0 Å². The molecule has 1 fully saturated rings. The second kappa shape index (κ2) is 2.63. The molecule has 1 heteroatoms. The van der Waals surface area contributed by atoms with Gasteiger partial charge in [0.05, 0.1) is 12.7 Å². The molecule has 1 unspecified atom stereocenters. The van der Waals surface area contributed by atoms with Crippen LogP contribution in [0.3, 0.4) is 0 Å². The second-order valence-corrected chi connectivity index (χ2v) is 3.95. The maximum Gasteiger partial charge on any atom is 0.0680 e. The van der Waals surface area contributed by atoms with Crippen molar-refractivity contribution in [3.05, 3.63) is 11.1 Å². The third kappa shape index (κ3) is 1.48. The molecule has 1 atom stereocenters. The van der Waals surface area contributed by atoms with Crippen molar-refractivity contribution in [2.75, 3.05) is 6.61 Å². The van der Waals surface area contributed by atoms with Gasteiger partial charge in [-0.25, -0.2) is 0 Å². The Bertz CT molecular complexity index is 189. The molecular formula is C10H16O. The van der Waals surface area contributed by atoms with Gasteiger partial charge in [-0.1, -0.05) is 5.57 Å². The molecule has 1 heterocycles. The van der Waals surface area contributed by atoms with Gasteiger partial charge in [0, 0.05) is 0 Å². The van der Waals surface area contributed by atoms with E-state index in [4.69, 9.17) is 4.74 Å². The average Bonchev–Trinajstić information content (AvgIpc) is 2.77. The van der Waals surface area contributed by atoms with Crippen molar-refractivity contribution in [1.82, 2.24) is 0 Å². The van der Waals surface area contributed by atoms with E-state index in [-0.39, 0.29) is 0 Å². The van der Waals surface area contributed by atoms with Crippen LogP contribution in [0.2, 0.25) is 0 Å². The summed E-state index contributed by atoms with van der Waals surface area (Å²) in [5.74, 6) is 0.901. The predicted molar refractivity (Wildman–Crippen MR) is 45.5 cm³/mol. The molecule has 2 rings (SSSR count). The summed E-state index contributed by atoms with van der Waals surface area (Å²) in [7, 11) is 0. The Morgan fingerprint density at radius 3 is 2.45 bits per heavy atom. The Labute approximate surface area is 68.4 Å². The van der Waals surface area contributed by atoms with Crippen molar-refractivity contribution >= 4 is 0 Å². The van der Waals surface area contributed by atoms with Crippen LogP contribution in [-0.2, 0) is 4.74 Å². The zero-order valence-electron chi connectivity index (χ0n) is 7.39. The molecule has 0 aromatic carbocycles. The Balaban J connectivity index is 2.00. The van der Waals surface area contributed by atoms with Gasteiger partial charge in [-0.3, -0.25) is 0 Å². The summed E-state index contributed by atoms with van der Waals surface area (Å²) in [4.78, 5) is 0. The van der Waals surface area contributed by atoms with E-state index in [1.807, 2.05) is 0 Å². The van der Waals surface area contributed by atoms with Crippen molar-refractivity contribution < 1.29 is 4.74 Å². The lowest BCUT2D eigenvalue weighted by Crippen LogP contribution is -2.22. The summed E-state index contributed by atoms with van der Waals surface area (Å²) in [5, 5.41) is 0. The van der Waals surface area contributed by atoms with Crippen LogP contribution < -0.4 is 0 Å². The fourth-order valence-corrected chi connectivity index (χ4v) is 1.66. The minimum Gasteiger partial charge on any atom is -0.373 e. The molecule has 0 saturated heterocycles. The largest absolute Gasteiger partial charge is 0.373 e. The quantitative estimate of drug-likeness (QED) is 0.525. The summed E-state index contributed by atoms with van der Waals surface area (Å²) < 4.78 is 5.73. The maximum atomic E-state index is 5.73. The van der Waals surface area contributed by atoms with Crippen LogP contribution in [0.1, 0.15) is 33.1 Å². The van der Waals surface area contributed by atoms with Crippen molar-refractivity contribution in [3.63, 3.8) is 0 Å². The number of rotatable bonds is 1. The van der Waals surface area contributed by atoms with Crippen molar-refractivity contribution in [2.24, 2.45) is 5.92 Å². The van der Waals surface area contributed by atoms with E-state index in [0.717, 1.165) is 12.5 Å². The Kier molecular flexibility index (Phi) is 1.76. The summed E-state index contributed by atoms with van der Waals surface area (Å²) in [6.45, 7) is 5.30. The maximum absolute atomic E-state index is 5.73. The first-order valence-corrected chi connectivity index (χ1v) is 4.54. The molecule has 0 bridgehead atoms. The highest BCUT2D eigenvalue weighted by Crippen LogP contribution is 2.39. The fraction of sp³-hybridized carbons (Fsp3) is 0.800. The number of ether oxygens (including phenoxy) is 1. The van der Waals surface area contributed by atoms with Gasteiger partial charge in [-0.15, -0.1) is 0 Å². The molecule has 0 N–H and O–H groups in total. The van der Waals surface area contributed by atoms with Crippen molar-refractivity contribution in [3.8, 4) is 0 Å². The van der Waals surface area contributed by atoms with E-state index in [2.05, 4.69) is 13.8 Å². The smallest absolute Gasteiger partial charge is 0.0680 e. The van der Waals surface area contributed by atoms with Gasteiger partial charge in [0.25, 0.3) is 0 Å². The van der Waals surface area contributed by atoms with Gasteiger partial charge >= 0.3 is 0 Å². The highest BCUT2D eigenvalue weighted by molar-refractivity contribution is 5.14. The van der Waals surface area contributed by atoms with E-state index in [0.29, 0.717) is 6.10 Å². The Hall–Kier alpha value is -0.300. The van der Waals surface area contributed by atoms with E-state index >= 15 is 0 Å². The average molecular weight is 152 g/mol.